The topological polar surface area (TPSA) is 72.7 Å². The molecule has 0 spiro atoms. The molecule has 0 unspecified atom stereocenters. The standard InChI is InChI=1S/C12H26BNO3/c1-4-6-7-10(3)8-9-12(15)14-11(5-2)13(16)17/h4,6,10-12,14-17H,5,7-9H2,1-3H3/b6-4-/t10-,11-,12+/m1/s1. The molecule has 0 rings (SSSR count). The maximum atomic E-state index is 9.72. The monoisotopic (exact) mass is 243 g/mol. The van der Waals surface area contributed by atoms with Crippen molar-refractivity contribution in [3.8, 4) is 0 Å². The Bertz CT molecular complexity index is 212. The van der Waals surface area contributed by atoms with E-state index in [1.54, 1.807) is 0 Å². The van der Waals surface area contributed by atoms with Crippen LogP contribution in [0.1, 0.15) is 46.5 Å². The minimum Gasteiger partial charge on any atom is -0.426 e. The van der Waals surface area contributed by atoms with E-state index < -0.39 is 19.3 Å². The van der Waals surface area contributed by atoms with Crippen molar-refractivity contribution in [3.05, 3.63) is 12.2 Å². The van der Waals surface area contributed by atoms with Crippen LogP contribution in [0.15, 0.2) is 12.2 Å². The van der Waals surface area contributed by atoms with E-state index in [0.29, 0.717) is 18.8 Å². The molecule has 0 aromatic rings. The van der Waals surface area contributed by atoms with Gasteiger partial charge in [-0.05, 0) is 38.5 Å². The van der Waals surface area contributed by atoms with Gasteiger partial charge in [-0.2, -0.15) is 0 Å². The van der Waals surface area contributed by atoms with Crippen LogP contribution in [-0.4, -0.2) is 34.4 Å². The maximum Gasteiger partial charge on any atom is 0.469 e. The molecule has 4 N–H and O–H groups in total. The molecule has 0 aliphatic rings. The van der Waals surface area contributed by atoms with Crippen LogP contribution >= 0.6 is 0 Å². The molecule has 17 heavy (non-hydrogen) atoms. The Morgan fingerprint density at radius 2 is 1.94 bits per heavy atom. The molecule has 0 fully saturated rings. The molecular formula is C12H26BNO3. The van der Waals surface area contributed by atoms with Crippen LogP contribution < -0.4 is 5.32 Å². The zero-order valence-electron chi connectivity index (χ0n) is 11.1. The average molecular weight is 243 g/mol. The third-order valence-electron chi connectivity index (χ3n) is 2.91. The van der Waals surface area contributed by atoms with Crippen LogP contribution in [0.3, 0.4) is 0 Å². The first kappa shape index (κ1) is 16.6. The van der Waals surface area contributed by atoms with E-state index in [2.05, 4.69) is 18.3 Å². The molecule has 0 bridgehead atoms. The van der Waals surface area contributed by atoms with Crippen LogP contribution in [0.2, 0.25) is 0 Å². The van der Waals surface area contributed by atoms with Gasteiger partial charge in [0.1, 0.15) is 6.23 Å². The van der Waals surface area contributed by atoms with Gasteiger partial charge in [0.15, 0.2) is 0 Å². The Labute approximate surface area is 105 Å². The lowest BCUT2D eigenvalue weighted by atomic mass is 9.77. The van der Waals surface area contributed by atoms with Crippen molar-refractivity contribution in [2.75, 3.05) is 0 Å². The number of aliphatic hydroxyl groups is 1. The summed E-state index contributed by atoms with van der Waals surface area (Å²) < 4.78 is 0. The first-order valence-corrected chi connectivity index (χ1v) is 6.42. The van der Waals surface area contributed by atoms with Gasteiger partial charge < -0.3 is 15.2 Å². The van der Waals surface area contributed by atoms with E-state index in [1.165, 1.54) is 0 Å². The van der Waals surface area contributed by atoms with Crippen molar-refractivity contribution in [2.24, 2.45) is 5.92 Å². The Morgan fingerprint density at radius 3 is 2.41 bits per heavy atom. The number of hydrogen-bond donors (Lipinski definition) is 4. The van der Waals surface area contributed by atoms with Crippen LogP contribution in [0.4, 0.5) is 0 Å². The second-order valence-electron chi connectivity index (χ2n) is 4.60. The van der Waals surface area contributed by atoms with Gasteiger partial charge in [-0.1, -0.05) is 26.0 Å². The van der Waals surface area contributed by atoms with Gasteiger partial charge in [0.05, 0.1) is 0 Å². The van der Waals surface area contributed by atoms with E-state index >= 15 is 0 Å². The molecule has 0 saturated heterocycles. The Balaban J connectivity index is 3.81. The van der Waals surface area contributed by atoms with E-state index in [4.69, 9.17) is 10.0 Å². The third kappa shape index (κ3) is 8.38. The summed E-state index contributed by atoms with van der Waals surface area (Å²) in [5.41, 5.74) is 0. The number of nitrogens with one attached hydrogen (secondary N) is 1. The first-order valence-electron chi connectivity index (χ1n) is 6.42. The number of allylic oxidation sites excluding steroid dienone is 2. The van der Waals surface area contributed by atoms with E-state index in [0.717, 1.165) is 12.8 Å². The summed E-state index contributed by atoms with van der Waals surface area (Å²) in [6.45, 7) is 5.99. The van der Waals surface area contributed by atoms with Gasteiger partial charge >= 0.3 is 7.12 Å². The minimum atomic E-state index is -1.42. The van der Waals surface area contributed by atoms with Crippen molar-refractivity contribution in [1.82, 2.24) is 5.32 Å². The summed E-state index contributed by atoms with van der Waals surface area (Å²) in [4.78, 5) is 0. The lowest BCUT2D eigenvalue weighted by Gasteiger charge is -2.21. The van der Waals surface area contributed by atoms with Crippen LogP contribution in [0.5, 0.6) is 0 Å². The molecular weight excluding hydrogens is 217 g/mol. The number of hydrogen-bond acceptors (Lipinski definition) is 4. The summed E-state index contributed by atoms with van der Waals surface area (Å²) >= 11 is 0. The maximum absolute atomic E-state index is 9.72. The molecule has 0 aromatic carbocycles. The predicted octanol–water partition coefficient (Wildman–Crippen LogP) is 1.07. The van der Waals surface area contributed by atoms with Gasteiger partial charge in [0.2, 0.25) is 0 Å². The first-order chi connectivity index (χ1) is 8.01. The normalized spacial score (nSPS) is 17.1. The quantitative estimate of drug-likeness (QED) is 0.277. The molecule has 100 valence electrons. The summed E-state index contributed by atoms with van der Waals surface area (Å²) in [6, 6.07) is 0. The highest BCUT2D eigenvalue weighted by molar-refractivity contribution is 6.43. The van der Waals surface area contributed by atoms with Crippen molar-refractivity contribution in [3.63, 3.8) is 0 Å². The number of aliphatic hydroxyl groups excluding tert-OH is 1. The summed E-state index contributed by atoms with van der Waals surface area (Å²) in [5, 5.41) is 30.6. The minimum absolute atomic E-state index is 0.462. The second kappa shape index (κ2) is 9.65. The second-order valence-corrected chi connectivity index (χ2v) is 4.60. The van der Waals surface area contributed by atoms with Crippen LogP contribution in [-0.2, 0) is 0 Å². The van der Waals surface area contributed by atoms with Crippen LogP contribution in [0, 0.1) is 5.92 Å². The summed E-state index contributed by atoms with van der Waals surface area (Å²) in [6.07, 6.45) is 6.61. The molecule has 0 radical (unpaired) electrons. The summed E-state index contributed by atoms with van der Waals surface area (Å²) in [5.74, 6) is 0.0672. The van der Waals surface area contributed by atoms with E-state index in [-0.39, 0.29) is 0 Å². The van der Waals surface area contributed by atoms with E-state index in [9.17, 15) is 5.11 Å². The van der Waals surface area contributed by atoms with Gasteiger partial charge in [0.25, 0.3) is 0 Å². The molecule has 0 aliphatic heterocycles. The average Bonchev–Trinajstić information content (AvgIpc) is 2.30. The fourth-order valence-corrected chi connectivity index (χ4v) is 1.67. The zero-order valence-corrected chi connectivity index (χ0v) is 11.1. The highest BCUT2D eigenvalue weighted by Crippen LogP contribution is 2.12. The third-order valence-corrected chi connectivity index (χ3v) is 2.91. The molecule has 5 heteroatoms. The SMILES string of the molecule is C/C=C\C[C@@H](C)CC[C@H](O)N[C@H](CC)B(O)O. The highest BCUT2D eigenvalue weighted by atomic mass is 16.4. The molecule has 4 nitrogen and oxygen atoms in total. The molecule has 3 atom stereocenters. The Hall–Kier alpha value is -0.355. The molecule has 0 aliphatic carbocycles. The Kier molecular flexibility index (Phi) is 9.45. The van der Waals surface area contributed by atoms with Crippen molar-refractivity contribution < 1.29 is 15.2 Å². The highest BCUT2D eigenvalue weighted by Gasteiger charge is 2.23. The smallest absolute Gasteiger partial charge is 0.426 e. The van der Waals surface area contributed by atoms with Gasteiger partial charge in [-0.3, -0.25) is 5.32 Å². The Morgan fingerprint density at radius 1 is 1.29 bits per heavy atom. The summed E-state index contributed by atoms with van der Waals surface area (Å²) in [7, 11) is -1.42. The van der Waals surface area contributed by atoms with Crippen LogP contribution in [0.25, 0.3) is 0 Å². The van der Waals surface area contributed by atoms with E-state index in [1.807, 2.05) is 19.9 Å². The van der Waals surface area contributed by atoms with Crippen molar-refractivity contribution >= 4 is 7.12 Å². The molecule has 0 aromatic heterocycles. The largest absolute Gasteiger partial charge is 0.469 e. The zero-order chi connectivity index (χ0) is 13.3. The fraction of sp³-hybridized carbons (Fsp3) is 0.833. The van der Waals surface area contributed by atoms with Gasteiger partial charge in [-0.25, -0.2) is 0 Å². The lowest BCUT2D eigenvalue weighted by Crippen LogP contribution is -2.48. The molecule has 0 heterocycles. The van der Waals surface area contributed by atoms with Gasteiger partial charge in [-0.15, -0.1) is 0 Å². The fourth-order valence-electron chi connectivity index (χ4n) is 1.67. The number of rotatable bonds is 9. The predicted molar refractivity (Wildman–Crippen MR) is 71.2 cm³/mol. The molecule has 0 amide bonds. The van der Waals surface area contributed by atoms with Crippen molar-refractivity contribution in [2.45, 2.75) is 58.6 Å². The lowest BCUT2D eigenvalue weighted by molar-refractivity contribution is 0.110. The van der Waals surface area contributed by atoms with Gasteiger partial charge in [0, 0.05) is 5.94 Å². The van der Waals surface area contributed by atoms with Crippen molar-refractivity contribution in [1.29, 1.82) is 0 Å². The molecule has 0 saturated carbocycles.